The number of benzene rings is 2. The average Bonchev–Trinajstić information content (AvgIpc) is 3.18. The van der Waals surface area contributed by atoms with Gasteiger partial charge in [-0.05, 0) is 41.7 Å². The van der Waals surface area contributed by atoms with Crippen molar-refractivity contribution in [2.45, 2.75) is 32.0 Å². The number of likely N-dealkylation sites (N-methyl/N-ethyl adjacent to an activating group) is 1. The van der Waals surface area contributed by atoms with Crippen LogP contribution in [0.15, 0.2) is 42.5 Å². The Hall–Kier alpha value is -4.03. The van der Waals surface area contributed by atoms with E-state index in [1.54, 1.807) is 26.4 Å². The van der Waals surface area contributed by atoms with Crippen LogP contribution in [0.25, 0.3) is 0 Å². The Kier molecular flexibility index (Phi) is 5.76. The maximum atomic E-state index is 13.6. The molecule has 3 aliphatic heterocycles. The maximum Gasteiger partial charge on any atom is 0.275 e. The topological polar surface area (TPSA) is 94.7 Å². The Morgan fingerprint density at radius 3 is 2.73 bits per heavy atom. The second kappa shape index (κ2) is 9.12. The second-order valence-electron chi connectivity index (χ2n) is 9.59. The molecule has 3 aromatic rings. The fourth-order valence-corrected chi connectivity index (χ4v) is 5.62. The molecular weight excluding hydrogens is 492 g/mol. The Labute approximate surface area is 219 Å². The van der Waals surface area contributed by atoms with Crippen molar-refractivity contribution in [3.05, 3.63) is 75.6 Å². The van der Waals surface area contributed by atoms with Gasteiger partial charge in [-0.1, -0.05) is 41.9 Å². The van der Waals surface area contributed by atoms with Crippen LogP contribution in [0.5, 0.6) is 5.75 Å². The van der Waals surface area contributed by atoms with Crippen molar-refractivity contribution in [3.8, 4) is 11.9 Å². The van der Waals surface area contributed by atoms with E-state index in [9.17, 15) is 14.9 Å². The number of halogens is 1. The van der Waals surface area contributed by atoms with Crippen LogP contribution in [-0.4, -0.2) is 64.2 Å². The molecule has 0 aliphatic carbocycles. The van der Waals surface area contributed by atoms with Crippen molar-refractivity contribution in [3.63, 3.8) is 0 Å². The van der Waals surface area contributed by atoms with E-state index in [1.165, 1.54) is 0 Å². The average molecular weight is 517 g/mol. The summed E-state index contributed by atoms with van der Waals surface area (Å²) in [7, 11) is 1.70. The first kappa shape index (κ1) is 23.4. The molecule has 1 atom stereocenters. The molecule has 2 amide bonds. The Balaban J connectivity index is 1.26. The molecule has 1 aromatic heterocycles. The molecule has 6 rings (SSSR count). The Morgan fingerprint density at radius 1 is 1.14 bits per heavy atom. The molecule has 0 saturated heterocycles. The van der Waals surface area contributed by atoms with Crippen LogP contribution < -0.4 is 9.64 Å². The summed E-state index contributed by atoms with van der Waals surface area (Å²) in [4.78, 5) is 32.0. The van der Waals surface area contributed by atoms with Gasteiger partial charge in [0, 0.05) is 25.7 Å². The molecule has 4 heterocycles. The molecule has 0 bridgehead atoms. The summed E-state index contributed by atoms with van der Waals surface area (Å²) in [5, 5.41) is 14.3. The number of rotatable bonds is 3. The zero-order valence-corrected chi connectivity index (χ0v) is 21.1. The number of ether oxygens (including phenoxy) is 1. The first-order valence-electron chi connectivity index (χ1n) is 12.3. The molecule has 37 heavy (non-hydrogen) atoms. The summed E-state index contributed by atoms with van der Waals surface area (Å²) in [6.45, 7) is 2.02. The van der Waals surface area contributed by atoms with Gasteiger partial charge in [0.2, 0.25) is 0 Å². The van der Waals surface area contributed by atoms with Gasteiger partial charge in [0.25, 0.3) is 11.8 Å². The maximum absolute atomic E-state index is 13.6. The highest BCUT2D eigenvalue weighted by atomic mass is 35.5. The molecule has 0 N–H and O–H groups in total. The predicted molar refractivity (Wildman–Crippen MR) is 136 cm³/mol. The van der Waals surface area contributed by atoms with Gasteiger partial charge in [0.1, 0.15) is 23.6 Å². The van der Waals surface area contributed by atoms with Crippen LogP contribution >= 0.6 is 11.6 Å². The Morgan fingerprint density at radius 2 is 1.95 bits per heavy atom. The SMILES string of the molecule is CN1C(=O)[C@@H](N2CCc3c(nn(Cc4ccccc4)c3Cl)C2=O)COc2cc3c(cc21)CN(C#N)CC3. The van der Waals surface area contributed by atoms with E-state index in [4.69, 9.17) is 16.3 Å². The first-order chi connectivity index (χ1) is 17.9. The summed E-state index contributed by atoms with van der Waals surface area (Å²) in [6, 6.07) is 12.9. The van der Waals surface area contributed by atoms with Crippen molar-refractivity contribution in [2.24, 2.45) is 0 Å². The Bertz CT molecular complexity index is 1450. The van der Waals surface area contributed by atoms with Crippen LogP contribution in [0, 0.1) is 11.5 Å². The minimum Gasteiger partial charge on any atom is -0.489 e. The van der Waals surface area contributed by atoms with Crippen molar-refractivity contribution < 1.29 is 14.3 Å². The van der Waals surface area contributed by atoms with Crippen LogP contribution in [0.2, 0.25) is 5.15 Å². The van der Waals surface area contributed by atoms with Crippen LogP contribution in [0.3, 0.4) is 0 Å². The van der Waals surface area contributed by atoms with Crippen molar-refractivity contribution in [1.29, 1.82) is 5.26 Å². The number of fused-ring (bicyclic) bond motifs is 3. The quantitative estimate of drug-likeness (QED) is 0.497. The summed E-state index contributed by atoms with van der Waals surface area (Å²) >= 11 is 6.62. The van der Waals surface area contributed by atoms with E-state index in [2.05, 4.69) is 11.3 Å². The molecule has 10 heteroatoms. The fourth-order valence-electron chi connectivity index (χ4n) is 5.34. The van der Waals surface area contributed by atoms with Gasteiger partial charge in [0.05, 0.1) is 18.8 Å². The lowest BCUT2D eigenvalue weighted by molar-refractivity contribution is -0.123. The summed E-state index contributed by atoms with van der Waals surface area (Å²) in [5.41, 5.74) is 4.79. The van der Waals surface area contributed by atoms with Crippen LogP contribution in [0.4, 0.5) is 5.69 Å². The minimum atomic E-state index is -0.788. The standard InChI is InChI=1S/C27H25ClN6O3/c1-31-21-11-19-14-32(16-29)9-7-18(19)12-23(21)37-15-22(26(31)35)33-10-8-20-24(27(33)36)30-34(25(20)28)13-17-5-3-2-4-6-17/h2-6,11-12,22H,7-10,13-15H2,1H3/t22-/m0/s1. The van der Waals surface area contributed by atoms with Gasteiger partial charge in [-0.15, -0.1) is 0 Å². The third-order valence-electron chi connectivity index (χ3n) is 7.41. The summed E-state index contributed by atoms with van der Waals surface area (Å²) in [5.74, 6) is 0.0707. The van der Waals surface area contributed by atoms with Gasteiger partial charge in [0.15, 0.2) is 11.9 Å². The zero-order valence-electron chi connectivity index (χ0n) is 20.4. The summed E-state index contributed by atoms with van der Waals surface area (Å²) < 4.78 is 7.78. The summed E-state index contributed by atoms with van der Waals surface area (Å²) in [6.07, 6.45) is 3.44. The van der Waals surface area contributed by atoms with E-state index >= 15 is 0 Å². The van der Waals surface area contributed by atoms with E-state index < -0.39 is 6.04 Å². The number of nitriles is 1. The van der Waals surface area contributed by atoms with Crippen molar-refractivity contribution in [1.82, 2.24) is 19.6 Å². The van der Waals surface area contributed by atoms with E-state index in [0.29, 0.717) is 54.8 Å². The lowest BCUT2D eigenvalue weighted by Crippen LogP contribution is -2.54. The molecule has 3 aliphatic rings. The largest absolute Gasteiger partial charge is 0.489 e. The monoisotopic (exact) mass is 516 g/mol. The molecule has 2 aromatic carbocycles. The van der Waals surface area contributed by atoms with Gasteiger partial charge in [-0.25, -0.2) is 4.68 Å². The minimum absolute atomic E-state index is 0.0544. The van der Waals surface area contributed by atoms with E-state index in [1.807, 2.05) is 42.5 Å². The zero-order chi connectivity index (χ0) is 25.7. The lowest BCUT2D eigenvalue weighted by Gasteiger charge is -2.33. The smallest absolute Gasteiger partial charge is 0.275 e. The van der Waals surface area contributed by atoms with E-state index in [0.717, 1.165) is 23.1 Å². The van der Waals surface area contributed by atoms with Crippen molar-refractivity contribution in [2.75, 3.05) is 31.6 Å². The highest BCUT2D eigenvalue weighted by Gasteiger charge is 2.41. The second-order valence-corrected chi connectivity index (χ2v) is 9.95. The molecular formula is C27H25ClN6O3. The van der Waals surface area contributed by atoms with Gasteiger partial charge < -0.3 is 19.4 Å². The highest BCUT2D eigenvalue weighted by Crippen LogP contribution is 2.37. The molecule has 0 radical (unpaired) electrons. The number of aromatic nitrogens is 2. The van der Waals surface area contributed by atoms with Crippen molar-refractivity contribution >= 4 is 29.1 Å². The van der Waals surface area contributed by atoms with E-state index in [-0.39, 0.29) is 24.1 Å². The third kappa shape index (κ3) is 3.98. The number of hydrogen-bond acceptors (Lipinski definition) is 6. The number of carbonyl (C=O) groups is 2. The third-order valence-corrected chi connectivity index (χ3v) is 7.83. The molecule has 0 unspecified atom stereocenters. The molecule has 9 nitrogen and oxygen atoms in total. The number of carbonyl (C=O) groups excluding carboxylic acids is 2. The van der Waals surface area contributed by atoms with Crippen LogP contribution in [0.1, 0.15) is 32.7 Å². The van der Waals surface area contributed by atoms with Gasteiger partial charge >= 0.3 is 0 Å². The van der Waals surface area contributed by atoms with Gasteiger partial charge in [-0.3, -0.25) is 9.59 Å². The highest BCUT2D eigenvalue weighted by molar-refractivity contribution is 6.31. The predicted octanol–water partition coefficient (Wildman–Crippen LogP) is 2.85. The van der Waals surface area contributed by atoms with Gasteiger partial charge in [-0.2, -0.15) is 10.4 Å². The first-order valence-corrected chi connectivity index (χ1v) is 12.6. The normalized spacial score (nSPS) is 18.9. The number of amides is 2. The number of nitrogens with zero attached hydrogens (tertiary/aromatic N) is 6. The molecule has 188 valence electrons. The number of anilines is 1. The van der Waals surface area contributed by atoms with Crippen LogP contribution in [-0.2, 0) is 30.7 Å². The fraction of sp³-hybridized carbons (Fsp3) is 0.333. The molecule has 0 spiro atoms. The number of hydrogen-bond donors (Lipinski definition) is 0. The molecule has 0 fully saturated rings. The molecule has 0 saturated carbocycles. The lowest BCUT2D eigenvalue weighted by atomic mass is 9.98.